The molecule has 0 bridgehead atoms. The molecule has 5 nitrogen and oxygen atoms in total. The van der Waals surface area contributed by atoms with Gasteiger partial charge in [-0.3, -0.25) is 4.68 Å². The van der Waals surface area contributed by atoms with Crippen molar-refractivity contribution < 1.29 is 0 Å². The van der Waals surface area contributed by atoms with Gasteiger partial charge < -0.3 is 5.73 Å². The van der Waals surface area contributed by atoms with Crippen LogP contribution in [-0.4, -0.2) is 19.7 Å². The van der Waals surface area contributed by atoms with E-state index in [4.69, 9.17) is 5.73 Å². The van der Waals surface area contributed by atoms with Crippen LogP contribution in [0.5, 0.6) is 0 Å². The largest absolute Gasteiger partial charge is 0.382 e. The first-order valence-corrected chi connectivity index (χ1v) is 4.25. The Hall–Kier alpha value is -1.91. The van der Waals surface area contributed by atoms with E-state index in [-0.39, 0.29) is 0 Å². The van der Waals surface area contributed by atoms with Gasteiger partial charge in [0.05, 0.1) is 23.8 Å². The molecule has 2 aromatic heterocycles. The Labute approximate surface area is 81.6 Å². The van der Waals surface area contributed by atoms with Gasteiger partial charge in [0, 0.05) is 18.8 Å². The van der Waals surface area contributed by atoms with Gasteiger partial charge in [-0.25, -0.2) is 9.97 Å². The summed E-state index contributed by atoms with van der Waals surface area (Å²) in [5.74, 6) is 0.470. The highest BCUT2D eigenvalue weighted by Crippen LogP contribution is 2.16. The van der Waals surface area contributed by atoms with Crippen LogP contribution in [0.4, 0.5) is 5.82 Å². The monoisotopic (exact) mass is 189 g/mol. The molecular formula is C9H11N5. The zero-order valence-electron chi connectivity index (χ0n) is 8.10. The Morgan fingerprint density at radius 2 is 2.14 bits per heavy atom. The average Bonchev–Trinajstić information content (AvgIpc) is 2.57. The lowest BCUT2D eigenvalue weighted by Crippen LogP contribution is -1.97. The van der Waals surface area contributed by atoms with E-state index in [2.05, 4.69) is 15.1 Å². The molecular weight excluding hydrogens is 178 g/mol. The van der Waals surface area contributed by atoms with Crippen LogP contribution in [-0.2, 0) is 7.05 Å². The smallest absolute Gasteiger partial charge is 0.144 e. The Kier molecular flexibility index (Phi) is 1.92. The number of nitrogens with two attached hydrogens (primary N) is 1. The van der Waals surface area contributed by atoms with Crippen molar-refractivity contribution in [2.75, 3.05) is 5.73 Å². The predicted molar refractivity (Wildman–Crippen MR) is 53.4 cm³/mol. The summed E-state index contributed by atoms with van der Waals surface area (Å²) in [7, 11) is 1.86. The minimum Gasteiger partial charge on any atom is -0.382 e. The van der Waals surface area contributed by atoms with E-state index in [0.717, 1.165) is 17.0 Å². The SMILES string of the molecule is Cc1nc(-c2cnn(C)c2)cnc1N. The maximum absolute atomic E-state index is 5.58. The number of anilines is 1. The maximum atomic E-state index is 5.58. The number of rotatable bonds is 1. The number of nitrogens with zero attached hydrogens (tertiary/aromatic N) is 4. The predicted octanol–water partition coefficient (Wildman–Crippen LogP) is 0.768. The van der Waals surface area contributed by atoms with Crippen molar-refractivity contribution in [1.82, 2.24) is 19.7 Å². The van der Waals surface area contributed by atoms with E-state index >= 15 is 0 Å². The summed E-state index contributed by atoms with van der Waals surface area (Å²) in [6.07, 6.45) is 5.29. The number of hydrogen-bond donors (Lipinski definition) is 1. The third-order valence-corrected chi connectivity index (χ3v) is 1.99. The van der Waals surface area contributed by atoms with Gasteiger partial charge in [0.2, 0.25) is 0 Å². The number of hydrogen-bond acceptors (Lipinski definition) is 4. The van der Waals surface area contributed by atoms with Crippen LogP contribution in [0.15, 0.2) is 18.6 Å². The third-order valence-electron chi connectivity index (χ3n) is 1.99. The summed E-state index contributed by atoms with van der Waals surface area (Å²) in [6, 6.07) is 0. The van der Waals surface area contributed by atoms with Crippen molar-refractivity contribution in [3.63, 3.8) is 0 Å². The summed E-state index contributed by atoms with van der Waals surface area (Å²) in [6.45, 7) is 1.84. The standard InChI is InChI=1S/C9H11N5/c1-6-9(10)11-4-8(13-6)7-3-12-14(2)5-7/h3-5H,1-2H3,(H2,10,11). The van der Waals surface area contributed by atoms with Crippen molar-refractivity contribution in [1.29, 1.82) is 0 Å². The highest BCUT2D eigenvalue weighted by Gasteiger charge is 2.04. The highest BCUT2D eigenvalue weighted by atomic mass is 15.2. The number of aromatic nitrogens is 4. The summed E-state index contributed by atoms with van der Waals surface area (Å²) < 4.78 is 1.72. The number of aryl methyl sites for hydroxylation is 2. The molecule has 0 radical (unpaired) electrons. The molecule has 0 spiro atoms. The molecule has 0 saturated carbocycles. The quantitative estimate of drug-likeness (QED) is 0.719. The van der Waals surface area contributed by atoms with E-state index in [0.29, 0.717) is 5.82 Å². The van der Waals surface area contributed by atoms with Crippen LogP contribution >= 0.6 is 0 Å². The first kappa shape index (κ1) is 8.68. The Morgan fingerprint density at radius 1 is 1.36 bits per heavy atom. The fourth-order valence-corrected chi connectivity index (χ4v) is 1.18. The maximum Gasteiger partial charge on any atom is 0.144 e. The second-order valence-electron chi connectivity index (χ2n) is 3.13. The van der Waals surface area contributed by atoms with E-state index < -0.39 is 0 Å². The summed E-state index contributed by atoms with van der Waals surface area (Å²) in [4.78, 5) is 8.36. The van der Waals surface area contributed by atoms with Crippen LogP contribution in [0.1, 0.15) is 5.69 Å². The van der Waals surface area contributed by atoms with Gasteiger partial charge in [-0.2, -0.15) is 5.10 Å². The molecule has 2 rings (SSSR count). The highest BCUT2D eigenvalue weighted by molar-refractivity contribution is 5.57. The van der Waals surface area contributed by atoms with Gasteiger partial charge in [0.1, 0.15) is 5.82 Å². The van der Waals surface area contributed by atoms with E-state index in [1.165, 1.54) is 0 Å². The molecule has 5 heteroatoms. The lowest BCUT2D eigenvalue weighted by Gasteiger charge is -2.00. The molecule has 0 saturated heterocycles. The van der Waals surface area contributed by atoms with Crippen LogP contribution in [0.3, 0.4) is 0 Å². The zero-order valence-corrected chi connectivity index (χ0v) is 8.10. The summed E-state index contributed by atoms with van der Waals surface area (Å²) in [5.41, 5.74) is 8.06. The molecule has 72 valence electrons. The molecule has 0 unspecified atom stereocenters. The zero-order chi connectivity index (χ0) is 10.1. The second-order valence-corrected chi connectivity index (χ2v) is 3.13. The van der Waals surface area contributed by atoms with E-state index in [1.54, 1.807) is 17.1 Å². The van der Waals surface area contributed by atoms with Gasteiger partial charge in [-0.15, -0.1) is 0 Å². The molecule has 0 fully saturated rings. The minimum absolute atomic E-state index is 0.470. The molecule has 2 heterocycles. The molecule has 2 N–H and O–H groups in total. The first-order chi connectivity index (χ1) is 6.66. The lowest BCUT2D eigenvalue weighted by molar-refractivity contribution is 0.768. The topological polar surface area (TPSA) is 69.6 Å². The van der Waals surface area contributed by atoms with Gasteiger partial charge in [0.15, 0.2) is 0 Å². The molecule has 0 aliphatic heterocycles. The fourth-order valence-electron chi connectivity index (χ4n) is 1.18. The normalized spacial score (nSPS) is 10.4. The molecule has 0 amide bonds. The van der Waals surface area contributed by atoms with Crippen LogP contribution in [0, 0.1) is 6.92 Å². The van der Waals surface area contributed by atoms with Crippen molar-refractivity contribution in [2.45, 2.75) is 6.92 Å². The van der Waals surface area contributed by atoms with Gasteiger partial charge in [-0.1, -0.05) is 0 Å². The number of nitrogen functional groups attached to an aromatic ring is 1. The Morgan fingerprint density at radius 3 is 2.71 bits per heavy atom. The van der Waals surface area contributed by atoms with E-state index in [9.17, 15) is 0 Å². The second kappa shape index (κ2) is 3.10. The van der Waals surface area contributed by atoms with Gasteiger partial charge >= 0.3 is 0 Å². The van der Waals surface area contributed by atoms with Crippen molar-refractivity contribution in [3.8, 4) is 11.3 Å². The molecule has 2 aromatic rings. The van der Waals surface area contributed by atoms with E-state index in [1.807, 2.05) is 20.2 Å². The van der Waals surface area contributed by atoms with Crippen LogP contribution in [0.2, 0.25) is 0 Å². The molecule has 14 heavy (non-hydrogen) atoms. The fraction of sp³-hybridized carbons (Fsp3) is 0.222. The first-order valence-electron chi connectivity index (χ1n) is 4.25. The Bertz CT molecular complexity index is 460. The van der Waals surface area contributed by atoms with Gasteiger partial charge in [0.25, 0.3) is 0 Å². The van der Waals surface area contributed by atoms with Crippen molar-refractivity contribution >= 4 is 5.82 Å². The van der Waals surface area contributed by atoms with Gasteiger partial charge in [-0.05, 0) is 6.92 Å². The van der Waals surface area contributed by atoms with Crippen LogP contribution in [0.25, 0.3) is 11.3 Å². The summed E-state index contributed by atoms with van der Waals surface area (Å²) >= 11 is 0. The van der Waals surface area contributed by atoms with Crippen LogP contribution < -0.4 is 5.73 Å². The summed E-state index contributed by atoms with van der Waals surface area (Å²) in [5, 5.41) is 4.06. The average molecular weight is 189 g/mol. The minimum atomic E-state index is 0.470. The third kappa shape index (κ3) is 1.44. The Balaban J connectivity index is 2.47. The molecule has 0 aromatic carbocycles. The molecule has 0 aliphatic carbocycles. The molecule has 0 atom stereocenters. The molecule has 0 aliphatic rings. The lowest BCUT2D eigenvalue weighted by atomic mass is 10.2. The van der Waals surface area contributed by atoms with Crippen molar-refractivity contribution in [3.05, 3.63) is 24.3 Å². The van der Waals surface area contributed by atoms with Crippen molar-refractivity contribution in [2.24, 2.45) is 7.05 Å².